The normalized spacial score (nSPS) is 14.9. The SMILES string of the molecule is CNC(=O)[C@H](CCCCN(C)C)[N-]CC(CC(C)NC)NC.[K+]. The molecule has 0 heterocycles. The van der Waals surface area contributed by atoms with Crippen LogP contribution in [0.3, 0.4) is 0 Å². The van der Waals surface area contributed by atoms with E-state index in [9.17, 15) is 4.79 Å². The maximum Gasteiger partial charge on any atom is 1.00 e. The van der Waals surface area contributed by atoms with Crippen molar-refractivity contribution < 1.29 is 56.2 Å². The summed E-state index contributed by atoms with van der Waals surface area (Å²) >= 11 is 0. The average molecular weight is 354 g/mol. The van der Waals surface area contributed by atoms with Crippen LogP contribution in [0.2, 0.25) is 0 Å². The molecule has 0 aromatic carbocycles. The smallest absolute Gasteiger partial charge is 0.650 e. The van der Waals surface area contributed by atoms with Gasteiger partial charge in [-0.1, -0.05) is 18.9 Å². The van der Waals surface area contributed by atoms with Gasteiger partial charge in [-0.05, 0) is 60.5 Å². The summed E-state index contributed by atoms with van der Waals surface area (Å²) in [6.07, 6.45) is 3.95. The fourth-order valence-corrected chi connectivity index (χ4v) is 2.32. The quantitative estimate of drug-likeness (QED) is 0.260. The van der Waals surface area contributed by atoms with Crippen LogP contribution < -0.4 is 67.3 Å². The number of unbranched alkanes of at least 4 members (excludes halogenated alkanes) is 1. The minimum atomic E-state index is -0.229. The fourth-order valence-electron chi connectivity index (χ4n) is 2.32. The first-order chi connectivity index (χ1) is 10.4. The van der Waals surface area contributed by atoms with Gasteiger partial charge in [0.1, 0.15) is 0 Å². The number of rotatable bonds is 13. The zero-order chi connectivity index (χ0) is 17.0. The second-order valence-electron chi connectivity index (χ2n) is 6.21. The van der Waals surface area contributed by atoms with E-state index < -0.39 is 0 Å². The Morgan fingerprint density at radius 1 is 1.13 bits per heavy atom. The number of nitrogens with zero attached hydrogens (tertiary/aromatic N) is 2. The van der Waals surface area contributed by atoms with Crippen molar-refractivity contribution >= 4 is 5.91 Å². The first-order valence-corrected chi connectivity index (χ1v) is 8.32. The Morgan fingerprint density at radius 3 is 2.26 bits per heavy atom. The Labute approximate surface area is 185 Å². The molecule has 6 nitrogen and oxygen atoms in total. The number of amides is 1. The number of hydrogen-bond acceptors (Lipinski definition) is 4. The van der Waals surface area contributed by atoms with E-state index in [-0.39, 0.29) is 63.3 Å². The van der Waals surface area contributed by atoms with Gasteiger partial charge in [-0.3, -0.25) is 4.79 Å². The molecule has 0 aromatic rings. The summed E-state index contributed by atoms with van der Waals surface area (Å²) in [6.45, 7) is 3.88. The molecular weight excluding hydrogens is 317 g/mol. The van der Waals surface area contributed by atoms with Crippen LogP contribution >= 0.6 is 0 Å². The van der Waals surface area contributed by atoms with Gasteiger partial charge in [-0.2, -0.15) is 0 Å². The first kappa shape index (κ1) is 26.2. The van der Waals surface area contributed by atoms with Gasteiger partial charge in [0.05, 0.1) is 0 Å². The van der Waals surface area contributed by atoms with Gasteiger partial charge in [0, 0.05) is 13.1 Å². The third-order valence-corrected chi connectivity index (χ3v) is 3.97. The van der Waals surface area contributed by atoms with Crippen molar-refractivity contribution in [3.63, 3.8) is 0 Å². The zero-order valence-corrected chi connectivity index (χ0v) is 19.4. The van der Waals surface area contributed by atoms with E-state index in [0.29, 0.717) is 18.6 Å². The molecule has 0 radical (unpaired) electrons. The van der Waals surface area contributed by atoms with Crippen LogP contribution in [0.25, 0.3) is 5.32 Å². The largest absolute Gasteiger partial charge is 1.00 e. The van der Waals surface area contributed by atoms with E-state index in [1.54, 1.807) is 7.05 Å². The molecule has 0 rings (SSSR count). The molecule has 132 valence electrons. The topological polar surface area (TPSA) is 70.5 Å². The maximum absolute atomic E-state index is 12.0. The predicted molar refractivity (Wildman–Crippen MR) is 94.5 cm³/mol. The molecule has 0 bridgehead atoms. The fraction of sp³-hybridized carbons (Fsp3) is 0.938. The van der Waals surface area contributed by atoms with Crippen LogP contribution in [-0.4, -0.2) is 77.3 Å². The van der Waals surface area contributed by atoms with Gasteiger partial charge in [-0.25, -0.2) is 0 Å². The zero-order valence-electron chi connectivity index (χ0n) is 16.3. The Hall–Kier alpha value is 0.946. The van der Waals surface area contributed by atoms with Crippen LogP contribution in [0.5, 0.6) is 0 Å². The van der Waals surface area contributed by atoms with Crippen LogP contribution in [0.15, 0.2) is 0 Å². The standard InChI is InChI=1S/C16H36N5O.K/c1-13(17-2)11-14(18-3)12-20-15(16(22)19-4)9-7-8-10-21(5)6;/h13-15,17-18H,7-12H2,1-6H3,(H,19,22);/q-1;+1/t13?,14?,15-;/m0./s1. The maximum atomic E-state index is 12.0. The molecule has 3 atom stereocenters. The number of carbonyl (C=O) groups excluding carboxylic acids is 1. The van der Waals surface area contributed by atoms with E-state index in [2.05, 4.69) is 47.2 Å². The van der Waals surface area contributed by atoms with Crippen LogP contribution in [0, 0.1) is 0 Å². The van der Waals surface area contributed by atoms with Crippen molar-refractivity contribution in [3.05, 3.63) is 5.32 Å². The summed E-state index contributed by atoms with van der Waals surface area (Å²) < 4.78 is 0. The van der Waals surface area contributed by atoms with E-state index >= 15 is 0 Å². The van der Waals surface area contributed by atoms with Crippen LogP contribution in [-0.2, 0) is 4.79 Å². The van der Waals surface area contributed by atoms with Gasteiger partial charge in [0.15, 0.2) is 0 Å². The Bertz CT molecular complexity index is 292. The third kappa shape index (κ3) is 13.9. The molecule has 0 saturated carbocycles. The van der Waals surface area contributed by atoms with E-state index in [1.165, 1.54) is 0 Å². The molecule has 2 unspecified atom stereocenters. The molecule has 0 aliphatic carbocycles. The minimum Gasteiger partial charge on any atom is -0.650 e. The molecule has 0 saturated heterocycles. The summed E-state index contributed by atoms with van der Waals surface area (Å²) in [7, 11) is 9.74. The molecule has 0 aliphatic rings. The number of carbonyl (C=O) groups is 1. The summed E-state index contributed by atoms with van der Waals surface area (Å²) in [6, 6.07) is 0.510. The Kier molecular flexibility index (Phi) is 18.7. The van der Waals surface area contributed by atoms with Gasteiger partial charge >= 0.3 is 51.4 Å². The second-order valence-corrected chi connectivity index (χ2v) is 6.21. The molecule has 3 N–H and O–H groups in total. The predicted octanol–water partition coefficient (Wildman–Crippen LogP) is -2.20. The molecule has 1 amide bonds. The Balaban J connectivity index is 0. The number of hydrogen-bond donors (Lipinski definition) is 3. The molecule has 0 spiro atoms. The molecule has 0 aromatic heterocycles. The van der Waals surface area contributed by atoms with Crippen molar-refractivity contribution in [3.8, 4) is 0 Å². The van der Waals surface area contributed by atoms with Gasteiger partial charge in [-0.15, -0.1) is 6.54 Å². The summed E-state index contributed by atoms with van der Waals surface area (Å²) in [4.78, 5) is 14.1. The molecular formula is C16H36KN5O. The van der Waals surface area contributed by atoms with Crippen molar-refractivity contribution in [1.29, 1.82) is 0 Å². The summed E-state index contributed by atoms with van der Waals surface area (Å²) in [5.41, 5.74) is 0. The molecule has 7 heteroatoms. The monoisotopic (exact) mass is 353 g/mol. The van der Waals surface area contributed by atoms with Crippen molar-refractivity contribution in [2.24, 2.45) is 0 Å². The van der Waals surface area contributed by atoms with Crippen LogP contribution in [0.1, 0.15) is 32.6 Å². The minimum absolute atomic E-state index is 0. The summed E-state index contributed by atoms with van der Waals surface area (Å²) in [5.74, 6) is 0.0290. The molecule has 23 heavy (non-hydrogen) atoms. The van der Waals surface area contributed by atoms with Gasteiger partial charge < -0.3 is 26.2 Å². The third-order valence-electron chi connectivity index (χ3n) is 3.97. The van der Waals surface area contributed by atoms with Crippen molar-refractivity contribution in [2.75, 3.05) is 48.3 Å². The van der Waals surface area contributed by atoms with Gasteiger partial charge in [0.25, 0.3) is 0 Å². The average Bonchev–Trinajstić information content (AvgIpc) is 2.51. The van der Waals surface area contributed by atoms with Crippen molar-refractivity contribution in [1.82, 2.24) is 20.9 Å². The second kappa shape index (κ2) is 16.4. The van der Waals surface area contributed by atoms with E-state index in [1.807, 2.05) is 14.1 Å². The summed E-state index contributed by atoms with van der Waals surface area (Å²) in [5, 5.41) is 13.9. The Morgan fingerprint density at radius 2 is 1.78 bits per heavy atom. The molecule has 0 fully saturated rings. The number of nitrogens with one attached hydrogen (secondary N) is 3. The molecule has 0 aliphatic heterocycles. The van der Waals surface area contributed by atoms with Crippen LogP contribution in [0.4, 0.5) is 0 Å². The number of likely N-dealkylation sites (N-methyl/N-ethyl adjacent to an activating group) is 2. The first-order valence-electron chi connectivity index (χ1n) is 8.32. The van der Waals surface area contributed by atoms with Gasteiger partial charge in [0.2, 0.25) is 5.91 Å². The van der Waals surface area contributed by atoms with E-state index in [4.69, 9.17) is 0 Å². The van der Waals surface area contributed by atoms with Crippen molar-refractivity contribution in [2.45, 2.75) is 50.7 Å². The van der Waals surface area contributed by atoms with E-state index in [0.717, 1.165) is 32.2 Å².